The highest BCUT2D eigenvalue weighted by Crippen LogP contribution is 1.99. The Morgan fingerprint density at radius 1 is 1.50 bits per heavy atom. The van der Waals surface area contributed by atoms with Crippen molar-refractivity contribution in [2.24, 2.45) is 16.5 Å². The molecule has 0 aromatic rings. The van der Waals surface area contributed by atoms with E-state index in [1.54, 1.807) is 6.92 Å². The highest BCUT2D eigenvalue weighted by molar-refractivity contribution is 5.77. The summed E-state index contributed by atoms with van der Waals surface area (Å²) in [7, 11) is 0. The molecule has 14 heavy (non-hydrogen) atoms. The number of amidine groups is 1. The first-order valence-electron chi connectivity index (χ1n) is 4.29. The van der Waals surface area contributed by atoms with Crippen molar-refractivity contribution in [3.8, 4) is 0 Å². The van der Waals surface area contributed by atoms with Crippen molar-refractivity contribution in [2.45, 2.75) is 32.2 Å². The highest BCUT2D eigenvalue weighted by Gasteiger charge is 2.09. The molecule has 0 spiro atoms. The molecule has 6 heteroatoms. The molecule has 0 saturated heterocycles. The van der Waals surface area contributed by atoms with Crippen molar-refractivity contribution in [3.63, 3.8) is 0 Å². The predicted octanol–water partition coefficient (Wildman–Crippen LogP) is -3.05. The van der Waals surface area contributed by atoms with Gasteiger partial charge in [-0.2, -0.15) is 0 Å². The first-order chi connectivity index (χ1) is 6.04. The standard InChI is InChI=1S/C8H17N3O2.ClH/c1-6(9)11-5-3-2-4-7(10)8(12)13;/h7H,2-5,10H2,1H3,(H2,9,11)(H,12,13);1H/p-1. The van der Waals surface area contributed by atoms with E-state index in [1.807, 2.05) is 0 Å². The normalized spacial score (nSPS) is 13.1. The number of carboxylic acid groups (broad SMARTS) is 1. The van der Waals surface area contributed by atoms with Crippen molar-refractivity contribution in [3.05, 3.63) is 0 Å². The topological polar surface area (TPSA) is 102 Å². The van der Waals surface area contributed by atoms with Crippen molar-refractivity contribution in [2.75, 3.05) is 6.54 Å². The minimum Gasteiger partial charge on any atom is -1.00 e. The van der Waals surface area contributed by atoms with Crippen LogP contribution in [0.15, 0.2) is 4.99 Å². The Kier molecular flexibility index (Phi) is 9.81. The maximum atomic E-state index is 10.3. The molecule has 1 unspecified atom stereocenters. The average molecular weight is 223 g/mol. The summed E-state index contributed by atoms with van der Waals surface area (Å²) < 4.78 is 0. The molecule has 0 fully saturated rings. The molecule has 0 aliphatic heterocycles. The molecule has 84 valence electrons. The second kappa shape index (κ2) is 8.77. The summed E-state index contributed by atoms with van der Waals surface area (Å²) in [5.74, 6) is -0.388. The van der Waals surface area contributed by atoms with Gasteiger partial charge in [-0.15, -0.1) is 0 Å². The predicted molar refractivity (Wildman–Crippen MR) is 51.6 cm³/mol. The monoisotopic (exact) mass is 222 g/mol. The van der Waals surface area contributed by atoms with Gasteiger partial charge in [-0.25, -0.2) is 0 Å². The van der Waals surface area contributed by atoms with Crippen molar-refractivity contribution in [1.82, 2.24) is 0 Å². The highest BCUT2D eigenvalue weighted by atomic mass is 35.5. The zero-order valence-corrected chi connectivity index (χ0v) is 9.00. The summed E-state index contributed by atoms with van der Waals surface area (Å²) in [6.45, 7) is 2.37. The van der Waals surface area contributed by atoms with Gasteiger partial charge in [-0.05, 0) is 26.2 Å². The summed E-state index contributed by atoms with van der Waals surface area (Å²) in [5, 5.41) is 8.45. The third-order valence-electron chi connectivity index (χ3n) is 1.60. The van der Waals surface area contributed by atoms with E-state index in [0.29, 0.717) is 18.8 Å². The van der Waals surface area contributed by atoms with Crippen LogP contribution in [0.3, 0.4) is 0 Å². The minimum absolute atomic E-state index is 0. The molecule has 0 aliphatic rings. The first kappa shape index (κ1) is 15.7. The third-order valence-corrected chi connectivity index (χ3v) is 1.60. The maximum Gasteiger partial charge on any atom is 0.320 e. The maximum absolute atomic E-state index is 10.3. The van der Waals surface area contributed by atoms with Gasteiger partial charge in [0.1, 0.15) is 6.04 Å². The molecule has 0 amide bonds. The van der Waals surface area contributed by atoms with Gasteiger partial charge in [-0.1, -0.05) is 0 Å². The van der Waals surface area contributed by atoms with Crippen LogP contribution >= 0.6 is 0 Å². The third kappa shape index (κ3) is 9.28. The minimum atomic E-state index is -0.946. The number of halogens is 1. The van der Waals surface area contributed by atoms with E-state index in [-0.39, 0.29) is 12.4 Å². The van der Waals surface area contributed by atoms with Crippen LogP contribution in [0.2, 0.25) is 0 Å². The fraction of sp³-hybridized carbons (Fsp3) is 0.750. The molecule has 0 rings (SSSR count). The zero-order valence-electron chi connectivity index (χ0n) is 8.24. The van der Waals surface area contributed by atoms with Crippen LogP contribution in [0.4, 0.5) is 0 Å². The van der Waals surface area contributed by atoms with Gasteiger partial charge in [0.15, 0.2) is 0 Å². The Labute approximate surface area is 90.0 Å². The van der Waals surface area contributed by atoms with E-state index in [4.69, 9.17) is 16.6 Å². The van der Waals surface area contributed by atoms with Crippen LogP contribution < -0.4 is 23.9 Å². The Bertz CT molecular complexity index is 193. The van der Waals surface area contributed by atoms with Crippen molar-refractivity contribution in [1.29, 1.82) is 0 Å². The summed E-state index contributed by atoms with van der Waals surface area (Å²) in [6, 6.07) is -0.747. The van der Waals surface area contributed by atoms with Gasteiger partial charge >= 0.3 is 5.97 Å². The summed E-state index contributed by atoms with van der Waals surface area (Å²) in [6.07, 6.45) is 2.09. The van der Waals surface area contributed by atoms with Gasteiger partial charge in [0.05, 0.1) is 5.84 Å². The van der Waals surface area contributed by atoms with E-state index in [2.05, 4.69) is 4.99 Å². The lowest BCUT2D eigenvalue weighted by Crippen LogP contribution is -3.00. The molecule has 0 aliphatic carbocycles. The van der Waals surface area contributed by atoms with E-state index in [9.17, 15) is 4.79 Å². The smallest absolute Gasteiger partial charge is 0.320 e. The quantitative estimate of drug-likeness (QED) is 0.253. The largest absolute Gasteiger partial charge is 1.00 e. The lowest BCUT2D eigenvalue weighted by molar-refractivity contribution is -0.138. The molecule has 0 aromatic carbocycles. The second-order valence-electron chi connectivity index (χ2n) is 2.96. The SMILES string of the molecule is CC(N)=NCCCCC(N)C(=O)O.[Cl-]. The molecule has 0 radical (unpaired) electrons. The Morgan fingerprint density at radius 3 is 2.50 bits per heavy atom. The number of carboxylic acids is 1. The molecule has 5 nitrogen and oxygen atoms in total. The van der Waals surface area contributed by atoms with Crippen LogP contribution in [0, 0.1) is 0 Å². The second-order valence-corrected chi connectivity index (χ2v) is 2.96. The molecular formula is C8H17ClN3O2-. The van der Waals surface area contributed by atoms with Gasteiger partial charge in [0.25, 0.3) is 0 Å². The number of aliphatic imine (C=N–C) groups is 1. The number of rotatable bonds is 6. The molecule has 0 heterocycles. The molecule has 0 saturated carbocycles. The van der Waals surface area contributed by atoms with Crippen molar-refractivity contribution < 1.29 is 22.3 Å². The van der Waals surface area contributed by atoms with Crippen molar-refractivity contribution >= 4 is 11.8 Å². The number of nitrogens with zero attached hydrogens (tertiary/aromatic N) is 1. The fourth-order valence-electron chi connectivity index (χ4n) is 0.855. The first-order valence-corrected chi connectivity index (χ1v) is 4.29. The van der Waals surface area contributed by atoms with Crippen LogP contribution in [0.25, 0.3) is 0 Å². The van der Waals surface area contributed by atoms with E-state index in [1.165, 1.54) is 0 Å². The van der Waals surface area contributed by atoms with Crippen LogP contribution in [0.1, 0.15) is 26.2 Å². The number of hydrogen-bond acceptors (Lipinski definition) is 3. The fourth-order valence-corrected chi connectivity index (χ4v) is 0.855. The number of hydrogen-bond donors (Lipinski definition) is 3. The van der Waals surface area contributed by atoms with Gasteiger partial charge in [0.2, 0.25) is 0 Å². The lowest BCUT2D eigenvalue weighted by atomic mass is 10.1. The van der Waals surface area contributed by atoms with Crippen LogP contribution in [0.5, 0.6) is 0 Å². The molecule has 0 bridgehead atoms. The Morgan fingerprint density at radius 2 is 2.07 bits per heavy atom. The number of carbonyl (C=O) groups is 1. The summed E-state index contributed by atoms with van der Waals surface area (Å²) in [5.41, 5.74) is 10.6. The molecule has 0 aromatic heterocycles. The molecular weight excluding hydrogens is 206 g/mol. The summed E-state index contributed by atoms with van der Waals surface area (Å²) in [4.78, 5) is 14.3. The number of unbranched alkanes of at least 4 members (excludes halogenated alkanes) is 1. The van der Waals surface area contributed by atoms with Gasteiger partial charge in [0, 0.05) is 6.54 Å². The van der Waals surface area contributed by atoms with E-state index in [0.717, 1.165) is 12.8 Å². The Hall–Kier alpha value is -0.810. The van der Waals surface area contributed by atoms with Crippen LogP contribution in [-0.2, 0) is 4.79 Å². The van der Waals surface area contributed by atoms with E-state index < -0.39 is 12.0 Å². The summed E-state index contributed by atoms with van der Waals surface area (Å²) >= 11 is 0. The number of nitrogens with two attached hydrogens (primary N) is 2. The average Bonchev–Trinajstić information content (AvgIpc) is 2.02. The Balaban J connectivity index is 0. The van der Waals surface area contributed by atoms with Gasteiger partial charge in [-0.3, -0.25) is 9.79 Å². The van der Waals surface area contributed by atoms with Gasteiger partial charge < -0.3 is 29.0 Å². The molecule has 1 atom stereocenters. The number of aliphatic carboxylic acids is 1. The zero-order chi connectivity index (χ0) is 10.3. The van der Waals surface area contributed by atoms with E-state index >= 15 is 0 Å². The lowest BCUT2D eigenvalue weighted by Gasteiger charge is -2.04. The molecule has 5 N–H and O–H groups in total. The van der Waals surface area contributed by atoms with Crippen LogP contribution in [-0.4, -0.2) is 29.5 Å².